The van der Waals surface area contributed by atoms with Crippen molar-refractivity contribution < 1.29 is 14.4 Å². The van der Waals surface area contributed by atoms with Crippen molar-refractivity contribution >= 4 is 11.3 Å². The molecular formula is C14H20N2O3S. The normalized spacial score (nSPS) is 13.0. The van der Waals surface area contributed by atoms with E-state index in [1.54, 1.807) is 11.3 Å². The lowest BCUT2D eigenvalue weighted by Gasteiger charge is -2.19. The molecule has 0 saturated carbocycles. The number of ether oxygens (including phenoxy) is 1. The fourth-order valence-electron chi connectivity index (χ4n) is 1.94. The molecule has 6 heteroatoms. The standard InChI is InChI=1S/C14H20N2O3S/c1-11-6-12(15-19-11)7-16(2)8-13(17)9-18-10-14-4-3-5-20-14/h3-6,13,17H,7-10H2,1-2H3/t13-/m0/s1. The number of aryl methyl sites for hydroxylation is 1. The first-order valence-corrected chi connectivity index (χ1v) is 7.40. The molecule has 5 nitrogen and oxygen atoms in total. The van der Waals surface area contributed by atoms with E-state index in [2.05, 4.69) is 5.16 Å². The zero-order valence-electron chi connectivity index (χ0n) is 11.8. The van der Waals surface area contributed by atoms with Gasteiger partial charge >= 0.3 is 0 Å². The van der Waals surface area contributed by atoms with Crippen LogP contribution in [0, 0.1) is 6.92 Å². The van der Waals surface area contributed by atoms with Crippen molar-refractivity contribution in [1.82, 2.24) is 10.1 Å². The first-order valence-electron chi connectivity index (χ1n) is 6.52. The Morgan fingerprint density at radius 2 is 2.40 bits per heavy atom. The number of aromatic nitrogens is 1. The maximum absolute atomic E-state index is 9.92. The minimum absolute atomic E-state index is 0.333. The van der Waals surface area contributed by atoms with Crippen LogP contribution < -0.4 is 0 Å². The largest absolute Gasteiger partial charge is 0.389 e. The molecule has 0 unspecified atom stereocenters. The van der Waals surface area contributed by atoms with Crippen molar-refractivity contribution in [3.63, 3.8) is 0 Å². The summed E-state index contributed by atoms with van der Waals surface area (Å²) in [7, 11) is 1.94. The van der Waals surface area contributed by atoms with Gasteiger partial charge < -0.3 is 14.4 Å². The number of aliphatic hydroxyl groups is 1. The molecule has 0 aliphatic heterocycles. The fraction of sp³-hybridized carbons (Fsp3) is 0.500. The van der Waals surface area contributed by atoms with Gasteiger partial charge in [0.25, 0.3) is 0 Å². The van der Waals surface area contributed by atoms with Gasteiger partial charge in [-0.2, -0.15) is 0 Å². The van der Waals surface area contributed by atoms with E-state index in [-0.39, 0.29) is 0 Å². The molecule has 0 bridgehead atoms. The van der Waals surface area contributed by atoms with Crippen LogP contribution in [0.1, 0.15) is 16.3 Å². The highest BCUT2D eigenvalue weighted by Gasteiger charge is 2.11. The number of rotatable bonds is 8. The van der Waals surface area contributed by atoms with Gasteiger partial charge in [0, 0.05) is 24.0 Å². The second-order valence-electron chi connectivity index (χ2n) is 4.87. The van der Waals surface area contributed by atoms with Crippen molar-refractivity contribution in [3.8, 4) is 0 Å². The van der Waals surface area contributed by atoms with Gasteiger partial charge in [0.05, 0.1) is 25.0 Å². The lowest BCUT2D eigenvalue weighted by molar-refractivity contribution is 0.0133. The molecule has 2 heterocycles. The average molecular weight is 296 g/mol. The second kappa shape index (κ2) is 7.54. The van der Waals surface area contributed by atoms with Gasteiger partial charge in [0.1, 0.15) is 5.76 Å². The van der Waals surface area contributed by atoms with Crippen molar-refractivity contribution in [2.75, 3.05) is 20.2 Å². The van der Waals surface area contributed by atoms with Gasteiger partial charge in [-0.1, -0.05) is 11.2 Å². The van der Waals surface area contributed by atoms with Crippen LogP contribution in [0.25, 0.3) is 0 Å². The third-order valence-corrected chi connectivity index (χ3v) is 3.62. The average Bonchev–Trinajstić information content (AvgIpc) is 3.01. The summed E-state index contributed by atoms with van der Waals surface area (Å²) in [5.74, 6) is 0.799. The van der Waals surface area contributed by atoms with E-state index in [0.717, 1.165) is 11.5 Å². The first kappa shape index (κ1) is 15.2. The number of thiophene rings is 1. The third kappa shape index (κ3) is 5.05. The summed E-state index contributed by atoms with van der Waals surface area (Å²) < 4.78 is 10.5. The Morgan fingerprint density at radius 1 is 1.55 bits per heavy atom. The minimum atomic E-state index is -0.507. The predicted octanol–water partition coefficient (Wildman–Crippen LogP) is 2.05. The maximum atomic E-state index is 9.92. The van der Waals surface area contributed by atoms with E-state index in [9.17, 15) is 5.11 Å². The van der Waals surface area contributed by atoms with Crippen LogP contribution in [0.3, 0.4) is 0 Å². The number of hydrogen-bond donors (Lipinski definition) is 1. The van der Waals surface area contributed by atoms with Crippen LogP contribution in [0.4, 0.5) is 0 Å². The molecule has 0 aromatic carbocycles. The molecule has 0 radical (unpaired) electrons. The van der Waals surface area contributed by atoms with Crippen LogP contribution in [-0.4, -0.2) is 41.5 Å². The molecule has 1 atom stereocenters. The zero-order chi connectivity index (χ0) is 14.4. The fourth-order valence-corrected chi connectivity index (χ4v) is 2.58. The van der Waals surface area contributed by atoms with Crippen LogP contribution in [0.15, 0.2) is 28.1 Å². The number of nitrogens with zero attached hydrogens (tertiary/aromatic N) is 2. The molecule has 2 rings (SSSR count). The predicted molar refractivity (Wildman–Crippen MR) is 77.6 cm³/mol. The maximum Gasteiger partial charge on any atom is 0.133 e. The topological polar surface area (TPSA) is 58.7 Å². The summed E-state index contributed by atoms with van der Waals surface area (Å²) in [6.07, 6.45) is -0.507. The first-order chi connectivity index (χ1) is 9.63. The highest BCUT2D eigenvalue weighted by Crippen LogP contribution is 2.10. The highest BCUT2D eigenvalue weighted by molar-refractivity contribution is 7.09. The van der Waals surface area contributed by atoms with Crippen LogP contribution in [-0.2, 0) is 17.9 Å². The minimum Gasteiger partial charge on any atom is -0.389 e. The molecule has 2 aromatic rings. The summed E-state index contributed by atoms with van der Waals surface area (Å²) in [4.78, 5) is 3.17. The smallest absolute Gasteiger partial charge is 0.133 e. The van der Waals surface area contributed by atoms with Gasteiger partial charge in [0.15, 0.2) is 0 Å². The van der Waals surface area contributed by atoms with Crippen LogP contribution in [0.2, 0.25) is 0 Å². The Bertz CT molecular complexity index is 498. The molecule has 0 spiro atoms. The Hall–Kier alpha value is -1.21. The van der Waals surface area contributed by atoms with E-state index in [1.807, 2.05) is 42.5 Å². The lowest BCUT2D eigenvalue weighted by Crippen LogP contribution is -2.31. The molecule has 110 valence electrons. The molecule has 0 amide bonds. The quantitative estimate of drug-likeness (QED) is 0.808. The molecule has 0 aliphatic carbocycles. The Balaban J connectivity index is 1.64. The van der Waals surface area contributed by atoms with E-state index >= 15 is 0 Å². The summed E-state index contributed by atoms with van der Waals surface area (Å²) in [6.45, 7) is 3.94. The summed E-state index contributed by atoms with van der Waals surface area (Å²) in [5, 5.41) is 15.9. The highest BCUT2D eigenvalue weighted by atomic mass is 32.1. The number of aliphatic hydroxyl groups excluding tert-OH is 1. The molecule has 0 saturated heterocycles. The zero-order valence-corrected chi connectivity index (χ0v) is 12.6. The summed E-state index contributed by atoms with van der Waals surface area (Å²) in [6, 6.07) is 5.92. The Kier molecular flexibility index (Phi) is 5.72. The molecule has 2 aromatic heterocycles. The number of likely N-dealkylation sites (N-methyl/N-ethyl adjacent to an activating group) is 1. The Morgan fingerprint density at radius 3 is 3.05 bits per heavy atom. The van der Waals surface area contributed by atoms with Crippen LogP contribution in [0.5, 0.6) is 0 Å². The van der Waals surface area contributed by atoms with Gasteiger partial charge in [-0.15, -0.1) is 11.3 Å². The van der Waals surface area contributed by atoms with E-state index in [0.29, 0.717) is 26.3 Å². The molecule has 1 N–H and O–H groups in total. The van der Waals surface area contributed by atoms with Gasteiger partial charge in [-0.3, -0.25) is 4.90 Å². The van der Waals surface area contributed by atoms with Gasteiger partial charge in [0.2, 0.25) is 0 Å². The van der Waals surface area contributed by atoms with Crippen molar-refractivity contribution in [3.05, 3.63) is 39.9 Å². The molecular weight excluding hydrogens is 276 g/mol. The molecule has 0 fully saturated rings. The van der Waals surface area contributed by atoms with Gasteiger partial charge in [-0.25, -0.2) is 0 Å². The van der Waals surface area contributed by atoms with Crippen molar-refractivity contribution in [1.29, 1.82) is 0 Å². The summed E-state index contributed by atoms with van der Waals surface area (Å²) in [5.41, 5.74) is 0.872. The Labute approximate surface area is 122 Å². The van der Waals surface area contributed by atoms with E-state index in [4.69, 9.17) is 9.26 Å². The van der Waals surface area contributed by atoms with E-state index < -0.39 is 6.10 Å². The van der Waals surface area contributed by atoms with E-state index in [1.165, 1.54) is 4.88 Å². The lowest BCUT2D eigenvalue weighted by atomic mass is 10.3. The third-order valence-electron chi connectivity index (χ3n) is 2.77. The molecule has 20 heavy (non-hydrogen) atoms. The summed E-state index contributed by atoms with van der Waals surface area (Å²) >= 11 is 1.66. The number of hydrogen-bond acceptors (Lipinski definition) is 6. The van der Waals surface area contributed by atoms with Crippen molar-refractivity contribution in [2.24, 2.45) is 0 Å². The van der Waals surface area contributed by atoms with Gasteiger partial charge in [-0.05, 0) is 25.4 Å². The van der Waals surface area contributed by atoms with Crippen molar-refractivity contribution in [2.45, 2.75) is 26.2 Å². The second-order valence-corrected chi connectivity index (χ2v) is 5.91. The monoisotopic (exact) mass is 296 g/mol. The van der Waals surface area contributed by atoms with Crippen LogP contribution >= 0.6 is 11.3 Å². The SMILES string of the molecule is Cc1cc(CN(C)C[C@H](O)COCc2cccs2)no1. The molecule has 0 aliphatic rings.